The van der Waals surface area contributed by atoms with E-state index in [4.69, 9.17) is 24.4 Å². The van der Waals surface area contributed by atoms with Crippen LogP contribution in [0.5, 0.6) is 23.0 Å². The van der Waals surface area contributed by atoms with Gasteiger partial charge in [-0.3, -0.25) is 0 Å². The molecule has 47 heavy (non-hydrogen) atoms. The minimum Gasteiger partial charge on any atom is -0.503 e. The van der Waals surface area contributed by atoms with Crippen LogP contribution in [-0.2, 0) is 32.6 Å². The number of nitrogens with zero attached hydrogens (tertiary/aromatic N) is 5. The van der Waals surface area contributed by atoms with Crippen molar-refractivity contribution in [1.82, 2.24) is 15.0 Å². The molecule has 0 aliphatic carbocycles. The first-order valence-electron chi connectivity index (χ1n) is 14.5. The molecular formula is C35H35N7O4Zn. The average Bonchev–Trinajstić information content (AvgIpc) is 3.09. The summed E-state index contributed by atoms with van der Waals surface area (Å²) in [6, 6.07) is 23.9. The third-order valence-electron chi connectivity index (χ3n) is 7.01. The van der Waals surface area contributed by atoms with Crippen molar-refractivity contribution in [3.05, 3.63) is 114 Å². The molecule has 0 aliphatic heterocycles. The summed E-state index contributed by atoms with van der Waals surface area (Å²) in [6.45, 7) is 4.55. The second-order valence-corrected chi connectivity index (χ2v) is 10.3. The summed E-state index contributed by atoms with van der Waals surface area (Å²) >= 11 is 0. The molecule has 3 heterocycles. The van der Waals surface area contributed by atoms with E-state index in [0.717, 1.165) is 22.8 Å². The Morgan fingerprint density at radius 1 is 0.660 bits per heavy atom. The molecule has 12 heteroatoms. The molecule has 5 aromatic rings. The normalized spacial score (nSPS) is 11.4. The van der Waals surface area contributed by atoms with Gasteiger partial charge in [0.25, 0.3) is 0 Å². The van der Waals surface area contributed by atoms with Gasteiger partial charge in [0.1, 0.15) is 23.0 Å². The van der Waals surface area contributed by atoms with Crippen LogP contribution in [0.25, 0.3) is 0 Å². The van der Waals surface area contributed by atoms with Gasteiger partial charge < -0.3 is 30.3 Å². The summed E-state index contributed by atoms with van der Waals surface area (Å²) in [6.07, 6.45) is 3.43. The Morgan fingerprint density at radius 2 is 1.11 bits per heavy atom. The van der Waals surface area contributed by atoms with Crippen LogP contribution in [0.1, 0.15) is 36.4 Å². The van der Waals surface area contributed by atoms with E-state index in [-0.39, 0.29) is 31.0 Å². The Hall–Kier alpha value is -5.35. The molecule has 2 aromatic carbocycles. The van der Waals surface area contributed by atoms with Crippen LogP contribution in [0.15, 0.2) is 101 Å². The van der Waals surface area contributed by atoms with Crippen LogP contribution in [0.4, 0.5) is 23.0 Å². The maximum atomic E-state index is 10.8. The molecule has 0 saturated carbocycles. The number of nitrogens with one attached hydrogen (secondary N) is 2. The predicted octanol–water partition coefficient (Wildman–Crippen LogP) is 6.80. The van der Waals surface area contributed by atoms with E-state index in [1.807, 2.05) is 68.4 Å². The van der Waals surface area contributed by atoms with Gasteiger partial charge >= 0.3 is 0 Å². The SMILES string of the molecule is COc1cc(CNc2ccccn2)cc(N=C(C)c2cccc(C(C)=Nc3cc(CNc4ccccn4)cc(OC)c3O)n2)c1O.[Zn]. The van der Waals surface area contributed by atoms with Gasteiger partial charge in [-0.25, -0.2) is 24.9 Å². The molecular weight excluding hydrogens is 648 g/mol. The summed E-state index contributed by atoms with van der Waals surface area (Å²) in [5, 5.41) is 28.2. The van der Waals surface area contributed by atoms with Crippen molar-refractivity contribution in [2.24, 2.45) is 9.98 Å². The summed E-state index contributed by atoms with van der Waals surface area (Å²) in [4.78, 5) is 22.8. The van der Waals surface area contributed by atoms with Gasteiger partial charge in [-0.2, -0.15) is 0 Å². The molecule has 3 aromatic heterocycles. The van der Waals surface area contributed by atoms with Crippen LogP contribution in [0.2, 0.25) is 0 Å². The number of hydrogen-bond donors (Lipinski definition) is 4. The molecule has 0 amide bonds. The Kier molecular flexibility index (Phi) is 12.0. The van der Waals surface area contributed by atoms with Crippen LogP contribution >= 0.6 is 0 Å². The first-order chi connectivity index (χ1) is 22.3. The fourth-order valence-electron chi connectivity index (χ4n) is 4.62. The number of ether oxygens (including phenoxy) is 2. The Balaban J connectivity index is 0.00000500. The van der Waals surface area contributed by atoms with E-state index in [2.05, 4.69) is 20.6 Å². The zero-order valence-corrected chi connectivity index (χ0v) is 29.7. The summed E-state index contributed by atoms with van der Waals surface area (Å²) < 4.78 is 10.8. The number of hydrogen-bond acceptors (Lipinski definition) is 11. The van der Waals surface area contributed by atoms with Crippen LogP contribution in [0, 0.1) is 0 Å². The number of aliphatic imine (C=N–C) groups is 2. The number of phenolic OH excluding ortho intramolecular Hbond substituents is 2. The number of pyridine rings is 3. The molecule has 4 N–H and O–H groups in total. The van der Waals surface area contributed by atoms with Crippen molar-refractivity contribution in [3.63, 3.8) is 0 Å². The number of rotatable bonds is 12. The molecule has 11 nitrogen and oxygen atoms in total. The second kappa shape index (κ2) is 16.3. The Morgan fingerprint density at radius 3 is 1.49 bits per heavy atom. The van der Waals surface area contributed by atoms with Crippen LogP contribution < -0.4 is 20.1 Å². The van der Waals surface area contributed by atoms with E-state index < -0.39 is 0 Å². The number of anilines is 2. The number of phenols is 2. The van der Waals surface area contributed by atoms with Gasteiger partial charge in [0.05, 0.1) is 37.0 Å². The number of methoxy groups -OCH3 is 2. The maximum Gasteiger partial charge on any atom is 0.183 e. The van der Waals surface area contributed by atoms with Gasteiger partial charge in [0.2, 0.25) is 0 Å². The zero-order valence-electron chi connectivity index (χ0n) is 26.7. The average molecular weight is 683 g/mol. The first-order valence-corrected chi connectivity index (χ1v) is 14.5. The van der Waals surface area contributed by atoms with Gasteiger partial charge in [-0.1, -0.05) is 18.2 Å². The third-order valence-corrected chi connectivity index (χ3v) is 7.01. The van der Waals surface area contributed by atoms with Gasteiger partial charge in [0.15, 0.2) is 23.0 Å². The van der Waals surface area contributed by atoms with E-state index in [1.165, 1.54) is 14.2 Å². The summed E-state index contributed by atoms with van der Waals surface area (Å²) in [5.74, 6) is 1.94. The second-order valence-electron chi connectivity index (χ2n) is 10.3. The largest absolute Gasteiger partial charge is 0.503 e. The maximum absolute atomic E-state index is 10.8. The molecule has 0 bridgehead atoms. The number of aromatic hydroxyl groups is 2. The third kappa shape index (κ3) is 8.89. The summed E-state index contributed by atoms with van der Waals surface area (Å²) in [5.41, 5.74) is 4.74. The molecule has 236 valence electrons. The van der Waals surface area contributed by atoms with Crippen LogP contribution in [0.3, 0.4) is 0 Å². The van der Waals surface area contributed by atoms with Crippen LogP contribution in [-0.4, -0.2) is 50.8 Å². The Labute approximate surface area is 286 Å². The van der Waals surface area contributed by atoms with Gasteiger partial charge in [-0.15, -0.1) is 0 Å². The summed E-state index contributed by atoms with van der Waals surface area (Å²) in [7, 11) is 3.00. The van der Waals surface area contributed by atoms with Crippen molar-refractivity contribution in [2.75, 3.05) is 24.9 Å². The van der Waals surface area contributed by atoms with E-state index in [9.17, 15) is 10.2 Å². The molecule has 0 unspecified atom stereocenters. The molecule has 0 radical (unpaired) electrons. The molecule has 0 fully saturated rings. The van der Waals surface area contributed by atoms with Gasteiger partial charge in [-0.05, 0) is 85.6 Å². The van der Waals surface area contributed by atoms with E-state index in [1.54, 1.807) is 36.7 Å². The van der Waals surface area contributed by atoms with E-state index >= 15 is 0 Å². The van der Waals surface area contributed by atoms with Crippen molar-refractivity contribution >= 4 is 34.4 Å². The fraction of sp³-hybridized carbons (Fsp3) is 0.171. The molecule has 0 saturated heterocycles. The van der Waals surface area contributed by atoms with Crippen molar-refractivity contribution in [1.29, 1.82) is 0 Å². The molecule has 0 atom stereocenters. The molecule has 0 aliphatic rings. The topological polar surface area (TPSA) is 146 Å². The number of aromatic nitrogens is 3. The van der Waals surface area contributed by atoms with Gasteiger partial charge in [0, 0.05) is 45.0 Å². The molecule has 0 spiro atoms. The van der Waals surface area contributed by atoms with Crippen molar-refractivity contribution < 1.29 is 39.2 Å². The van der Waals surface area contributed by atoms with Crippen molar-refractivity contribution in [2.45, 2.75) is 26.9 Å². The smallest absolute Gasteiger partial charge is 0.183 e. The monoisotopic (exact) mass is 681 g/mol. The fourth-order valence-corrected chi connectivity index (χ4v) is 4.62. The zero-order chi connectivity index (χ0) is 32.5. The quantitative estimate of drug-likeness (QED) is 0.0824. The standard InChI is InChI=1S/C35H35N7O4.Zn/c1-22(40-28-16-24(18-30(45-3)34(28)43)20-38-32-12-5-7-14-36-32)26-10-9-11-27(42-26)23(2)41-29-17-25(19-31(46-4)35(29)44)21-39-33-13-6-8-15-37-33;/h5-19,43-44H,20-21H2,1-4H3,(H,36,38)(H,37,39);. The minimum atomic E-state index is -0.0702. The van der Waals surface area contributed by atoms with Crippen molar-refractivity contribution in [3.8, 4) is 23.0 Å². The first kappa shape index (κ1) is 34.5. The predicted molar refractivity (Wildman–Crippen MR) is 180 cm³/mol. The van der Waals surface area contributed by atoms with E-state index in [0.29, 0.717) is 58.8 Å². The minimum absolute atomic E-state index is 0. The molecule has 5 rings (SSSR count). The Bertz CT molecular complexity index is 1740. The number of benzene rings is 2.